The zero-order valence-electron chi connectivity index (χ0n) is 17.5. The number of carbonyl (C=O) groups is 1. The predicted octanol–water partition coefficient (Wildman–Crippen LogP) is 5.14. The van der Waals surface area contributed by atoms with E-state index in [9.17, 15) is 4.79 Å². The van der Waals surface area contributed by atoms with Crippen LogP contribution >= 0.6 is 11.3 Å². The van der Waals surface area contributed by atoms with E-state index in [4.69, 9.17) is 5.73 Å². The molecule has 4 rings (SSSR count). The Labute approximate surface area is 185 Å². The van der Waals surface area contributed by atoms with E-state index in [0.29, 0.717) is 12.1 Å². The minimum Gasteiger partial charge on any atom is -0.353 e. The predicted molar refractivity (Wildman–Crippen MR) is 127 cm³/mol. The third-order valence-electron chi connectivity index (χ3n) is 5.15. The van der Waals surface area contributed by atoms with Gasteiger partial charge in [0, 0.05) is 33.7 Å². The minimum absolute atomic E-state index is 0.104. The summed E-state index contributed by atoms with van der Waals surface area (Å²) in [6.07, 6.45) is 3.46. The third-order valence-corrected chi connectivity index (χ3v) is 6.31. The summed E-state index contributed by atoms with van der Waals surface area (Å²) in [5, 5.41) is 13.1. The number of thiophene rings is 1. The number of anilines is 2. The maximum atomic E-state index is 13.0. The van der Waals surface area contributed by atoms with Crippen LogP contribution in [0, 0.1) is 6.92 Å². The average Bonchev–Trinajstić information content (AvgIpc) is 3.47. The van der Waals surface area contributed by atoms with Crippen LogP contribution in [0.1, 0.15) is 39.3 Å². The standard InChI is InChI=1S/C24H25N5OS/c1-15-6-7-19(29-20-13-26-27-14-20)11-22(15)24(30)28-16(2)17-4-3-5-18(10-17)23-9-8-21(12-25)31-23/h3-11,13-14,16,29H,12,25H2,1-2H3,(H,26,27)(H,28,30)/t16-/m1/s1. The maximum Gasteiger partial charge on any atom is 0.252 e. The number of nitrogens with zero attached hydrogens (tertiary/aromatic N) is 1. The molecule has 2 aromatic heterocycles. The lowest BCUT2D eigenvalue weighted by Crippen LogP contribution is -2.27. The highest BCUT2D eigenvalue weighted by molar-refractivity contribution is 7.15. The van der Waals surface area contributed by atoms with Gasteiger partial charge in [0.2, 0.25) is 0 Å². The zero-order valence-corrected chi connectivity index (χ0v) is 18.3. The Balaban J connectivity index is 1.50. The number of amides is 1. The largest absolute Gasteiger partial charge is 0.353 e. The monoisotopic (exact) mass is 431 g/mol. The van der Waals surface area contributed by atoms with Crippen LogP contribution in [0.15, 0.2) is 67.0 Å². The van der Waals surface area contributed by atoms with E-state index >= 15 is 0 Å². The molecule has 0 aliphatic rings. The summed E-state index contributed by atoms with van der Waals surface area (Å²) in [6.45, 7) is 4.48. The first-order valence-corrected chi connectivity index (χ1v) is 10.9. The molecule has 2 heterocycles. The molecule has 0 saturated carbocycles. The Hall–Kier alpha value is -3.42. The molecule has 0 aliphatic carbocycles. The molecule has 7 heteroatoms. The van der Waals surface area contributed by atoms with Crippen LogP contribution in [-0.4, -0.2) is 16.1 Å². The second kappa shape index (κ2) is 9.16. The molecule has 0 spiro atoms. The van der Waals surface area contributed by atoms with E-state index in [-0.39, 0.29) is 11.9 Å². The van der Waals surface area contributed by atoms with E-state index in [1.807, 2.05) is 44.2 Å². The van der Waals surface area contributed by atoms with Gasteiger partial charge < -0.3 is 16.4 Å². The number of nitrogens with two attached hydrogens (primary N) is 1. The van der Waals surface area contributed by atoms with Gasteiger partial charge in [-0.1, -0.05) is 24.3 Å². The average molecular weight is 432 g/mol. The van der Waals surface area contributed by atoms with Crippen molar-refractivity contribution in [1.29, 1.82) is 0 Å². The van der Waals surface area contributed by atoms with Gasteiger partial charge in [0.15, 0.2) is 0 Å². The molecule has 0 unspecified atom stereocenters. The molecule has 0 radical (unpaired) electrons. The zero-order chi connectivity index (χ0) is 21.8. The van der Waals surface area contributed by atoms with Crippen LogP contribution in [0.2, 0.25) is 0 Å². The highest BCUT2D eigenvalue weighted by Gasteiger charge is 2.15. The summed E-state index contributed by atoms with van der Waals surface area (Å²) in [5.41, 5.74) is 11.2. The molecule has 1 amide bonds. The van der Waals surface area contributed by atoms with Crippen molar-refractivity contribution in [2.45, 2.75) is 26.4 Å². The molecule has 0 bridgehead atoms. The summed E-state index contributed by atoms with van der Waals surface area (Å²) in [7, 11) is 0. The molecule has 6 nitrogen and oxygen atoms in total. The number of benzene rings is 2. The van der Waals surface area contributed by atoms with Gasteiger partial charge in [-0.25, -0.2) is 0 Å². The van der Waals surface area contributed by atoms with Crippen molar-refractivity contribution < 1.29 is 4.79 Å². The van der Waals surface area contributed by atoms with Gasteiger partial charge in [-0.3, -0.25) is 9.89 Å². The summed E-state index contributed by atoms with van der Waals surface area (Å²) in [6, 6.07) is 18.0. The van der Waals surface area contributed by atoms with Crippen molar-refractivity contribution in [3.63, 3.8) is 0 Å². The van der Waals surface area contributed by atoms with E-state index in [0.717, 1.165) is 32.9 Å². The summed E-state index contributed by atoms with van der Waals surface area (Å²) >= 11 is 1.70. The Bertz CT molecular complexity index is 1180. The van der Waals surface area contributed by atoms with Gasteiger partial charge in [0.1, 0.15) is 0 Å². The lowest BCUT2D eigenvalue weighted by Gasteiger charge is -2.17. The number of H-pyrrole nitrogens is 1. The van der Waals surface area contributed by atoms with Crippen LogP contribution in [-0.2, 0) is 6.54 Å². The third kappa shape index (κ3) is 4.84. The number of hydrogen-bond donors (Lipinski definition) is 4. The van der Waals surface area contributed by atoms with E-state index in [1.54, 1.807) is 23.7 Å². The summed E-state index contributed by atoms with van der Waals surface area (Å²) in [4.78, 5) is 15.4. The summed E-state index contributed by atoms with van der Waals surface area (Å²) < 4.78 is 0. The van der Waals surface area contributed by atoms with Crippen LogP contribution < -0.4 is 16.4 Å². The smallest absolute Gasteiger partial charge is 0.252 e. The number of aryl methyl sites for hydroxylation is 1. The van der Waals surface area contributed by atoms with Crippen LogP contribution in [0.25, 0.3) is 10.4 Å². The second-order valence-corrected chi connectivity index (χ2v) is 8.60. The van der Waals surface area contributed by atoms with Crippen molar-refractivity contribution in [1.82, 2.24) is 15.5 Å². The first-order valence-electron chi connectivity index (χ1n) is 10.1. The number of carbonyl (C=O) groups excluding carboxylic acids is 1. The van der Waals surface area contributed by atoms with Crippen LogP contribution in [0.5, 0.6) is 0 Å². The number of nitrogens with one attached hydrogen (secondary N) is 3. The fraction of sp³-hybridized carbons (Fsp3) is 0.167. The number of aromatic amines is 1. The van der Waals surface area contributed by atoms with E-state index in [2.05, 4.69) is 45.1 Å². The van der Waals surface area contributed by atoms with E-state index < -0.39 is 0 Å². The molecule has 0 aliphatic heterocycles. The Kier molecular flexibility index (Phi) is 6.16. The molecule has 158 valence electrons. The van der Waals surface area contributed by atoms with Gasteiger partial charge >= 0.3 is 0 Å². The molecule has 0 fully saturated rings. The highest BCUT2D eigenvalue weighted by atomic mass is 32.1. The van der Waals surface area contributed by atoms with Crippen LogP contribution in [0.3, 0.4) is 0 Å². The first kappa shape index (κ1) is 20.8. The Morgan fingerprint density at radius 3 is 2.77 bits per heavy atom. The maximum absolute atomic E-state index is 13.0. The molecule has 4 aromatic rings. The fourth-order valence-corrected chi connectivity index (χ4v) is 4.27. The van der Waals surface area contributed by atoms with Gasteiger partial charge in [0.05, 0.1) is 17.9 Å². The molecule has 1 atom stereocenters. The fourth-order valence-electron chi connectivity index (χ4n) is 3.39. The lowest BCUT2D eigenvalue weighted by molar-refractivity contribution is 0.0939. The first-order chi connectivity index (χ1) is 15.0. The van der Waals surface area contributed by atoms with Crippen molar-refractivity contribution in [3.8, 4) is 10.4 Å². The lowest BCUT2D eigenvalue weighted by atomic mass is 10.0. The Morgan fingerprint density at radius 1 is 1.16 bits per heavy atom. The van der Waals surface area contributed by atoms with Crippen molar-refractivity contribution in [2.75, 3.05) is 5.32 Å². The van der Waals surface area contributed by atoms with Gasteiger partial charge in [0.25, 0.3) is 5.91 Å². The van der Waals surface area contributed by atoms with Crippen LogP contribution in [0.4, 0.5) is 11.4 Å². The molecular weight excluding hydrogens is 406 g/mol. The molecule has 5 N–H and O–H groups in total. The number of rotatable bonds is 7. The minimum atomic E-state index is -0.133. The van der Waals surface area contributed by atoms with Crippen molar-refractivity contribution >= 4 is 28.6 Å². The topological polar surface area (TPSA) is 95.8 Å². The van der Waals surface area contributed by atoms with Crippen molar-refractivity contribution in [3.05, 3.63) is 88.6 Å². The van der Waals surface area contributed by atoms with Gasteiger partial charge in [-0.05, 0) is 60.9 Å². The number of aromatic nitrogens is 2. The van der Waals surface area contributed by atoms with Crippen molar-refractivity contribution in [2.24, 2.45) is 5.73 Å². The Morgan fingerprint density at radius 2 is 2.03 bits per heavy atom. The quantitative estimate of drug-likeness (QED) is 0.326. The molecule has 31 heavy (non-hydrogen) atoms. The molecule has 2 aromatic carbocycles. The van der Waals surface area contributed by atoms with E-state index in [1.165, 1.54) is 4.88 Å². The molecule has 0 saturated heterocycles. The number of hydrogen-bond acceptors (Lipinski definition) is 5. The van der Waals surface area contributed by atoms with Gasteiger partial charge in [-0.2, -0.15) is 5.10 Å². The second-order valence-electron chi connectivity index (χ2n) is 7.43. The van der Waals surface area contributed by atoms with Gasteiger partial charge in [-0.15, -0.1) is 11.3 Å². The SMILES string of the molecule is Cc1ccc(Nc2cn[nH]c2)cc1C(=O)N[C@H](C)c1cccc(-c2ccc(CN)s2)c1. The highest BCUT2D eigenvalue weighted by Crippen LogP contribution is 2.30. The normalized spacial score (nSPS) is 11.8. The molecular formula is C24H25N5OS. The summed E-state index contributed by atoms with van der Waals surface area (Å²) in [5.74, 6) is -0.104.